The summed E-state index contributed by atoms with van der Waals surface area (Å²) in [4.78, 5) is 28.3. The van der Waals surface area contributed by atoms with Gasteiger partial charge in [0.05, 0.1) is 0 Å². The molecule has 0 radical (unpaired) electrons. The molecule has 1 amide bonds. The van der Waals surface area contributed by atoms with Gasteiger partial charge in [-0.2, -0.15) is 0 Å². The third-order valence-electron chi connectivity index (χ3n) is 4.96. The van der Waals surface area contributed by atoms with Crippen LogP contribution in [0.2, 0.25) is 0 Å². The number of fused-ring (bicyclic) bond motifs is 1. The van der Waals surface area contributed by atoms with E-state index >= 15 is 0 Å². The minimum Gasteiger partial charge on any atom is -0.481 e. The molecule has 0 aliphatic carbocycles. The zero-order valence-corrected chi connectivity index (χ0v) is 14.0. The zero-order valence-electron chi connectivity index (χ0n) is 14.0. The van der Waals surface area contributed by atoms with Crippen molar-refractivity contribution < 1.29 is 14.7 Å². The largest absolute Gasteiger partial charge is 0.481 e. The molecule has 1 aliphatic rings. The molecule has 5 nitrogen and oxygen atoms in total. The van der Waals surface area contributed by atoms with Crippen LogP contribution in [0.15, 0.2) is 24.4 Å². The van der Waals surface area contributed by atoms with Crippen molar-refractivity contribution in [1.29, 1.82) is 0 Å². The van der Waals surface area contributed by atoms with Crippen LogP contribution in [0.25, 0.3) is 10.9 Å². The highest BCUT2D eigenvalue weighted by atomic mass is 16.4. The topological polar surface area (TPSA) is 73.4 Å². The maximum atomic E-state index is 12.4. The number of benzene rings is 1. The SMILES string of the molecule is Cc1ccc2[nH]cc(CCC(=O)N3CCC(CC(=O)O)CC3)c2c1. The van der Waals surface area contributed by atoms with Gasteiger partial charge in [-0.1, -0.05) is 11.6 Å². The number of aliphatic carboxylic acids is 1. The Bertz CT molecular complexity index is 742. The third kappa shape index (κ3) is 3.78. The lowest BCUT2D eigenvalue weighted by molar-refractivity contribution is -0.138. The summed E-state index contributed by atoms with van der Waals surface area (Å²) in [5.41, 5.74) is 3.51. The molecule has 1 aromatic carbocycles. The number of aryl methyl sites for hydroxylation is 2. The zero-order chi connectivity index (χ0) is 17.1. The van der Waals surface area contributed by atoms with Gasteiger partial charge in [0, 0.05) is 43.0 Å². The molecule has 2 aromatic rings. The van der Waals surface area contributed by atoms with Crippen molar-refractivity contribution in [3.63, 3.8) is 0 Å². The van der Waals surface area contributed by atoms with Crippen molar-refractivity contribution in [1.82, 2.24) is 9.88 Å². The van der Waals surface area contributed by atoms with Gasteiger partial charge in [0.25, 0.3) is 0 Å². The van der Waals surface area contributed by atoms with E-state index < -0.39 is 5.97 Å². The van der Waals surface area contributed by atoms with E-state index in [1.165, 1.54) is 16.5 Å². The molecular formula is C19H24N2O3. The summed E-state index contributed by atoms with van der Waals surface area (Å²) in [5, 5.41) is 10.1. The first-order valence-corrected chi connectivity index (χ1v) is 8.59. The number of aromatic nitrogens is 1. The number of carbonyl (C=O) groups excluding carboxylic acids is 1. The standard InChI is InChI=1S/C19H24N2O3/c1-13-2-4-17-16(10-13)15(12-20-17)3-5-18(22)21-8-6-14(7-9-21)11-19(23)24/h2,4,10,12,14,20H,3,5-9,11H2,1H3,(H,23,24). The van der Waals surface area contributed by atoms with Gasteiger partial charge < -0.3 is 15.0 Å². The van der Waals surface area contributed by atoms with E-state index in [1.54, 1.807) is 0 Å². The number of likely N-dealkylation sites (tertiary alicyclic amines) is 1. The number of hydrogen-bond donors (Lipinski definition) is 2. The summed E-state index contributed by atoms with van der Waals surface area (Å²) >= 11 is 0. The summed E-state index contributed by atoms with van der Waals surface area (Å²) in [6.45, 7) is 3.44. The van der Waals surface area contributed by atoms with Crippen LogP contribution < -0.4 is 0 Å². The fourth-order valence-corrected chi connectivity index (χ4v) is 3.53. The number of rotatable bonds is 5. The van der Waals surface area contributed by atoms with Crippen LogP contribution in [0.1, 0.15) is 36.8 Å². The molecule has 2 N–H and O–H groups in total. The van der Waals surface area contributed by atoms with E-state index in [9.17, 15) is 9.59 Å². The van der Waals surface area contributed by atoms with Crippen molar-refractivity contribution >= 4 is 22.8 Å². The summed E-state index contributed by atoms with van der Waals surface area (Å²) in [6, 6.07) is 6.31. The van der Waals surface area contributed by atoms with Crippen LogP contribution in [0.3, 0.4) is 0 Å². The summed E-state index contributed by atoms with van der Waals surface area (Å²) in [7, 11) is 0. The summed E-state index contributed by atoms with van der Waals surface area (Å²) in [6.07, 6.45) is 5.05. The van der Waals surface area contributed by atoms with Crippen LogP contribution in [0.5, 0.6) is 0 Å². The first kappa shape index (κ1) is 16.6. The van der Waals surface area contributed by atoms with Gasteiger partial charge in [-0.15, -0.1) is 0 Å². The minimum atomic E-state index is -0.741. The molecule has 2 heterocycles. The lowest BCUT2D eigenvalue weighted by Gasteiger charge is -2.31. The lowest BCUT2D eigenvalue weighted by Crippen LogP contribution is -2.39. The number of hydrogen-bond acceptors (Lipinski definition) is 2. The van der Waals surface area contributed by atoms with Crippen molar-refractivity contribution in [3.05, 3.63) is 35.5 Å². The molecule has 1 saturated heterocycles. The van der Waals surface area contributed by atoms with Crippen molar-refractivity contribution in [2.45, 2.75) is 39.0 Å². The van der Waals surface area contributed by atoms with Crippen LogP contribution in [0.4, 0.5) is 0 Å². The Hall–Kier alpha value is -2.30. The molecule has 5 heteroatoms. The number of H-pyrrole nitrogens is 1. The number of amides is 1. The predicted molar refractivity (Wildman–Crippen MR) is 92.9 cm³/mol. The quantitative estimate of drug-likeness (QED) is 0.885. The van der Waals surface area contributed by atoms with Gasteiger partial charge in [-0.3, -0.25) is 9.59 Å². The predicted octanol–water partition coefficient (Wildman–Crippen LogP) is 3.12. The number of nitrogens with one attached hydrogen (secondary N) is 1. The van der Waals surface area contributed by atoms with Gasteiger partial charge >= 0.3 is 5.97 Å². The number of piperidine rings is 1. The molecule has 128 valence electrons. The van der Waals surface area contributed by atoms with Gasteiger partial charge in [0.15, 0.2) is 0 Å². The van der Waals surface area contributed by atoms with E-state index in [0.29, 0.717) is 19.5 Å². The molecule has 1 fully saturated rings. The number of carboxylic acids is 1. The molecule has 3 rings (SSSR count). The second kappa shape index (κ2) is 7.07. The lowest BCUT2D eigenvalue weighted by atomic mass is 9.93. The third-order valence-corrected chi connectivity index (χ3v) is 4.96. The van der Waals surface area contributed by atoms with E-state index in [0.717, 1.165) is 24.8 Å². The van der Waals surface area contributed by atoms with Gasteiger partial charge in [-0.05, 0) is 49.8 Å². The number of nitrogens with zero attached hydrogens (tertiary/aromatic N) is 1. The molecule has 0 bridgehead atoms. The van der Waals surface area contributed by atoms with Gasteiger partial charge in [0.2, 0.25) is 5.91 Å². The smallest absolute Gasteiger partial charge is 0.303 e. The van der Waals surface area contributed by atoms with Crippen LogP contribution in [0, 0.1) is 12.8 Å². The first-order chi connectivity index (χ1) is 11.5. The first-order valence-electron chi connectivity index (χ1n) is 8.59. The van der Waals surface area contributed by atoms with Crippen LogP contribution in [-0.4, -0.2) is 40.0 Å². The van der Waals surface area contributed by atoms with Crippen molar-refractivity contribution in [3.8, 4) is 0 Å². The minimum absolute atomic E-state index is 0.172. The average molecular weight is 328 g/mol. The van der Waals surface area contributed by atoms with Crippen molar-refractivity contribution in [2.24, 2.45) is 5.92 Å². The Balaban J connectivity index is 1.54. The average Bonchev–Trinajstić information content (AvgIpc) is 2.95. The Kier molecular flexibility index (Phi) is 4.88. The van der Waals surface area contributed by atoms with Crippen LogP contribution >= 0.6 is 0 Å². The molecule has 1 aliphatic heterocycles. The van der Waals surface area contributed by atoms with E-state index in [1.807, 2.05) is 11.1 Å². The number of aromatic amines is 1. The summed E-state index contributed by atoms with van der Waals surface area (Å²) < 4.78 is 0. The second-order valence-electron chi connectivity index (χ2n) is 6.78. The maximum absolute atomic E-state index is 12.4. The monoisotopic (exact) mass is 328 g/mol. The highest BCUT2D eigenvalue weighted by Crippen LogP contribution is 2.23. The molecule has 0 atom stereocenters. The highest BCUT2D eigenvalue weighted by molar-refractivity contribution is 5.85. The van der Waals surface area contributed by atoms with E-state index in [4.69, 9.17) is 5.11 Å². The molecular weight excluding hydrogens is 304 g/mol. The fourth-order valence-electron chi connectivity index (χ4n) is 3.53. The van der Waals surface area contributed by atoms with E-state index in [-0.39, 0.29) is 18.2 Å². The molecule has 1 aromatic heterocycles. The van der Waals surface area contributed by atoms with Crippen molar-refractivity contribution in [2.75, 3.05) is 13.1 Å². The second-order valence-corrected chi connectivity index (χ2v) is 6.78. The van der Waals surface area contributed by atoms with Crippen LogP contribution in [-0.2, 0) is 16.0 Å². The fraction of sp³-hybridized carbons (Fsp3) is 0.474. The molecule has 24 heavy (non-hydrogen) atoms. The number of carbonyl (C=O) groups is 2. The summed E-state index contributed by atoms with van der Waals surface area (Å²) in [5.74, 6) is -0.358. The Morgan fingerprint density at radius 1 is 1.29 bits per heavy atom. The van der Waals surface area contributed by atoms with Gasteiger partial charge in [0.1, 0.15) is 0 Å². The van der Waals surface area contributed by atoms with E-state index in [2.05, 4.69) is 30.1 Å². The molecule has 0 unspecified atom stereocenters. The maximum Gasteiger partial charge on any atom is 0.303 e. The highest BCUT2D eigenvalue weighted by Gasteiger charge is 2.24. The Labute approximate surface area is 141 Å². The number of carboxylic acid groups (broad SMARTS) is 1. The Morgan fingerprint density at radius 3 is 2.75 bits per heavy atom. The normalized spacial score (nSPS) is 15.8. The molecule has 0 spiro atoms. The van der Waals surface area contributed by atoms with Gasteiger partial charge in [-0.25, -0.2) is 0 Å². The Morgan fingerprint density at radius 2 is 2.04 bits per heavy atom. The molecule has 0 saturated carbocycles.